The quantitative estimate of drug-likeness (QED) is 0.384. The number of amides is 1. The predicted octanol–water partition coefficient (Wildman–Crippen LogP) is 5.81. The summed E-state index contributed by atoms with van der Waals surface area (Å²) in [5.74, 6) is -0.228. The van der Waals surface area contributed by atoms with E-state index in [1.165, 1.54) is 12.1 Å². The van der Waals surface area contributed by atoms with Crippen LogP contribution in [0.15, 0.2) is 36.4 Å². The first-order valence-corrected chi connectivity index (χ1v) is 11.0. The van der Waals surface area contributed by atoms with Gasteiger partial charge >= 0.3 is 0 Å². The number of hydrogen-bond donors (Lipinski definition) is 1. The number of hydrogen-bond acceptors (Lipinski definition) is 5. The molecule has 1 aromatic heterocycles. The van der Waals surface area contributed by atoms with Crippen LogP contribution in [-0.4, -0.2) is 20.8 Å². The number of halogens is 2. The summed E-state index contributed by atoms with van der Waals surface area (Å²) in [6.07, 6.45) is 1.36. The predicted molar refractivity (Wildman–Crippen MR) is 123 cm³/mol. The molecule has 2 atom stereocenters. The van der Waals surface area contributed by atoms with Gasteiger partial charge in [-0.05, 0) is 36.5 Å². The highest BCUT2D eigenvalue weighted by atomic mass is 35.5. The van der Waals surface area contributed by atoms with Crippen LogP contribution in [0.3, 0.4) is 0 Å². The van der Waals surface area contributed by atoms with E-state index in [1.807, 2.05) is 0 Å². The maximum absolute atomic E-state index is 13.9. The van der Waals surface area contributed by atoms with Gasteiger partial charge in [0.25, 0.3) is 5.69 Å². The van der Waals surface area contributed by atoms with E-state index in [0.29, 0.717) is 33.9 Å². The number of anilines is 1. The summed E-state index contributed by atoms with van der Waals surface area (Å²) in [4.78, 5) is 34.4. The van der Waals surface area contributed by atoms with Crippen molar-refractivity contribution in [1.82, 2.24) is 9.97 Å². The summed E-state index contributed by atoms with van der Waals surface area (Å²) in [7, 11) is 0. The van der Waals surface area contributed by atoms with Gasteiger partial charge in [0.2, 0.25) is 5.91 Å². The van der Waals surface area contributed by atoms with E-state index in [4.69, 9.17) is 33.2 Å². The third-order valence-electron chi connectivity index (χ3n) is 7.82. The van der Waals surface area contributed by atoms with Crippen molar-refractivity contribution in [3.05, 3.63) is 67.9 Å². The van der Waals surface area contributed by atoms with Crippen LogP contribution in [0, 0.1) is 15.5 Å². The van der Waals surface area contributed by atoms with Crippen LogP contribution < -0.4 is 5.32 Å². The Bertz CT molecular complexity index is 1340. The molecular weight excluding hydrogens is 451 g/mol. The lowest BCUT2D eigenvalue weighted by atomic mass is 9.63. The average Bonchev–Trinajstić information content (AvgIpc) is 3.04. The van der Waals surface area contributed by atoms with E-state index >= 15 is 0 Å². The fourth-order valence-electron chi connectivity index (χ4n) is 5.54. The normalized spacial score (nSPS) is 25.0. The van der Waals surface area contributed by atoms with Crippen molar-refractivity contribution in [2.45, 2.75) is 44.4 Å². The van der Waals surface area contributed by atoms with Crippen molar-refractivity contribution in [3.8, 4) is 0 Å². The lowest BCUT2D eigenvalue weighted by Gasteiger charge is -2.39. The molecule has 0 aliphatic heterocycles. The number of nitrogens with zero attached hydrogens (tertiary/aromatic N) is 3. The van der Waals surface area contributed by atoms with Crippen LogP contribution in [0.1, 0.15) is 45.0 Å². The molecule has 1 fully saturated rings. The van der Waals surface area contributed by atoms with Crippen molar-refractivity contribution in [1.29, 1.82) is 0 Å². The van der Waals surface area contributed by atoms with Gasteiger partial charge in [0, 0.05) is 17.5 Å². The number of rotatable bonds is 3. The minimum Gasteiger partial charge on any atom is -0.324 e. The van der Waals surface area contributed by atoms with Crippen LogP contribution in [0.25, 0.3) is 11.0 Å². The van der Waals surface area contributed by atoms with Gasteiger partial charge in [-0.2, -0.15) is 0 Å². The second-order valence-electron chi connectivity index (χ2n) is 9.27. The standard InChI is InChI=1S/C23H20Cl2N4O3/c1-21(2)22(3)9-10-23(21,20(30)28-15-6-4-5-13(24)17(15)25)19-18(22)26-14-8-7-12(29(31)32)11-16(14)27-19/h4-8,11H,9-10H2,1-3H3,(H,28,30). The molecule has 2 aromatic carbocycles. The molecule has 0 spiro atoms. The molecule has 9 heteroatoms. The molecule has 164 valence electrons. The van der Waals surface area contributed by atoms with Crippen molar-refractivity contribution in [3.63, 3.8) is 0 Å². The Morgan fingerprint density at radius 2 is 1.78 bits per heavy atom. The molecular formula is C23H20Cl2N4O3. The molecule has 2 aliphatic carbocycles. The first-order chi connectivity index (χ1) is 15.0. The van der Waals surface area contributed by atoms with E-state index in [1.54, 1.807) is 24.3 Å². The number of aromatic nitrogens is 2. The Hall–Kier alpha value is -2.77. The summed E-state index contributed by atoms with van der Waals surface area (Å²) in [6, 6.07) is 9.53. The van der Waals surface area contributed by atoms with Crippen LogP contribution in [-0.2, 0) is 15.6 Å². The van der Waals surface area contributed by atoms with Gasteiger partial charge in [0.1, 0.15) is 0 Å². The highest BCUT2D eigenvalue weighted by Crippen LogP contribution is 2.70. The number of fused-ring (bicyclic) bond motifs is 6. The molecule has 2 unspecified atom stereocenters. The number of non-ortho nitro benzene ring substituents is 1. The maximum atomic E-state index is 13.9. The maximum Gasteiger partial charge on any atom is 0.271 e. The molecule has 2 aliphatic rings. The summed E-state index contributed by atoms with van der Waals surface area (Å²) in [6.45, 7) is 6.25. The number of carbonyl (C=O) groups is 1. The fraction of sp³-hybridized carbons (Fsp3) is 0.348. The third kappa shape index (κ3) is 2.46. The molecule has 7 nitrogen and oxygen atoms in total. The first kappa shape index (κ1) is 21.1. The van der Waals surface area contributed by atoms with Crippen LogP contribution >= 0.6 is 23.2 Å². The summed E-state index contributed by atoms with van der Waals surface area (Å²) >= 11 is 12.5. The Labute approximate surface area is 194 Å². The van der Waals surface area contributed by atoms with Gasteiger partial charge in [-0.25, -0.2) is 9.97 Å². The van der Waals surface area contributed by atoms with Gasteiger partial charge in [-0.1, -0.05) is 50.0 Å². The minimum atomic E-state index is -0.964. The Morgan fingerprint density at radius 3 is 2.50 bits per heavy atom. The fourth-order valence-corrected chi connectivity index (χ4v) is 5.88. The summed E-state index contributed by atoms with van der Waals surface area (Å²) in [5, 5.41) is 14.9. The molecule has 3 aromatic rings. The van der Waals surface area contributed by atoms with E-state index in [9.17, 15) is 14.9 Å². The molecule has 1 saturated carbocycles. The Balaban J connectivity index is 1.71. The number of nitrogens with one attached hydrogen (secondary N) is 1. The van der Waals surface area contributed by atoms with Gasteiger partial charge in [-0.15, -0.1) is 0 Å². The zero-order valence-corrected chi connectivity index (χ0v) is 19.2. The highest BCUT2D eigenvalue weighted by molar-refractivity contribution is 6.44. The van der Waals surface area contributed by atoms with Crippen molar-refractivity contribution < 1.29 is 9.72 Å². The molecule has 1 N–H and O–H groups in total. The van der Waals surface area contributed by atoms with Crippen molar-refractivity contribution in [2.24, 2.45) is 5.41 Å². The minimum absolute atomic E-state index is 0.0652. The number of carbonyl (C=O) groups excluding carboxylic acids is 1. The van der Waals surface area contributed by atoms with Gasteiger partial charge in [0.15, 0.2) is 0 Å². The zero-order chi connectivity index (χ0) is 23.1. The highest BCUT2D eigenvalue weighted by Gasteiger charge is 2.73. The number of nitro groups is 1. The molecule has 2 bridgehead atoms. The molecule has 0 saturated heterocycles. The average molecular weight is 471 g/mol. The number of nitro benzene ring substituents is 1. The molecule has 5 rings (SSSR count). The molecule has 1 heterocycles. The third-order valence-corrected chi connectivity index (χ3v) is 8.64. The monoisotopic (exact) mass is 470 g/mol. The Kier molecular flexibility index (Phi) is 4.36. The SMILES string of the molecule is CC12CCC(C(=O)Nc3cccc(Cl)c3Cl)(c3nc4cc([N+](=O)[O-])ccc4nc31)C2(C)C. The molecule has 1 amide bonds. The summed E-state index contributed by atoms with van der Waals surface area (Å²) in [5.41, 5.74) is 0.869. The van der Waals surface area contributed by atoms with E-state index in [-0.39, 0.29) is 22.0 Å². The zero-order valence-electron chi connectivity index (χ0n) is 17.7. The topological polar surface area (TPSA) is 98.0 Å². The lowest BCUT2D eigenvalue weighted by Crippen LogP contribution is -2.48. The van der Waals surface area contributed by atoms with Gasteiger partial charge in [-0.3, -0.25) is 14.9 Å². The summed E-state index contributed by atoms with van der Waals surface area (Å²) < 4.78 is 0. The van der Waals surface area contributed by atoms with Crippen LogP contribution in [0.2, 0.25) is 10.0 Å². The Morgan fingerprint density at radius 1 is 1.06 bits per heavy atom. The van der Waals surface area contributed by atoms with Crippen molar-refractivity contribution in [2.75, 3.05) is 5.32 Å². The van der Waals surface area contributed by atoms with Crippen LogP contribution in [0.4, 0.5) is 11.4 Å². The van der Waals surface area contributed by atoms with Gasteiger partial charge < -0.3 is 5.32 Å². The first-order valence-electron chi connectivity index (χ1n) is 10.3. The van der Waals surface area contributed by atoms with E-state index in [0.717, 1.165) is 12.1 Å². The largest absolute Gasteiger partial charge is 0.324 e. The molecule has 32 heavy (non-hydrogen) atoms. The van der Waals surface area contributed by atoms with Crippen molar-refractivity contribution >= 4 is 51.5 Å². The van der Waals surface area contributed by atoms with Crippen LogP contribution in [0.5, 0.6) is 0 Å². The number of benzene rings is 2. The van der Waals surface area contributed by atoms with Gasteiger partial charge in [0.05, 0.1) is 48.5 Å². The van der Waals surface area contributed by atoms with E-state index in [2.05, 4.69) is 26.1 Å². The smallest absolute Gasteiger partial charge is 0.271 e. The lowest BCUT2D eigenvalue weighted by molar-refractivity contribution is -0.384. The van der Waals surface area contributed by atoms with E-state index < -0.39 is 15.8 Å². The second kappa shape index (κ2) is 6.62. The molecule has 0 radical (unpaired) electrons. The second-order valence-corrected chi connectivity index (χ2v) is 10.1.